The van der Waals surface area contributed by atoms with Gasteiger partial charge in [0.05, 0.1) is 0 Å². The molecule has 9 nitrogen and oxygen atoms in total. The van der Waals surface area contributed by atoms with Crippen molar-refractivity contribution in [1.82, 2.24) is 0 Å². The second kappa shape index (κ2) is 330. The zero-order chi connectivity index (χ0) is 0. The molecule has 0 spiro atoms. The van der Waals surface area contributed by atoms with Crippen molar-refractivity contribution in [2.24, 2.45) is 0 Å². The first-order valence-electron chi connectivity index (χ1n) is 0. The summed E-state index contributed by atoms with van der Waals surface area (Å²) in [6.45, 7) is 0. The van der Waals surface area contributed by atoms with Crippen LogP contribution in [-0.2, 0) is 0 Å². The maximum absolute atomic E-state index is 0. The number of hydrogen-bond donors (Lipinski definition) is 0. The summed E-state index contributed by atoms with van der Waals surface area (Å²) in [5.74, 6) is 0. The van der Waals surface area contributed by atoms with Crippen molar-refractivity contribution in [2.45, 2.75) is 0 Å². The van der Waals surface area contributed by atoms with Crippen molar-refractivity contribution >= 4 is 76.2 Å². The van der Waals surface area contributed by atoms with Crippen molar-refractivity contribution in [1.29, 1.82) is 0 Å². The topological polar surface area (TPSA) is 284 Å². The van der Waals surface area contributed by atoms with Crippen LogP contribution < -0.4 is 0 Å². The summed E-state index contributed by atoms with van der Waals surface area (Å²) in [4.78, 5) is 0. The van der Waals surface area contributed by atoms with E-state index in [4.69, 9.17) is 0 Å². The Kier molecular flexibility index (Phi) is 12800. The Labute approximate surface area is 124 Å². The van der Waals surface area contributed by atoms with Crippen LogP contribution in [0.2, 0.25) is 0 Å². The second-order valence-corrected chi connectivity index (χ2v) is 0. The minimum absolute atomic E-state index is 0. The van der Waals surface area contributed by atoms with Crippen molar-refractivity contribution in [3.8, 4) is 0 Å². The summed E-state index contributed by atoms with van der Waals surface area (Å²) in [6.07, 6.45) is 0. The molecule has 0 saturated heterocycles. The van der Waals surface area contributed by atoms with Gasteiger partial charge in [-0.05, 0) is 0 Å². The molecule has 18 N–H and O–H groups in total. The molecule has 11 heavy (non-hydrogen) atoms. The van der Waals surface area contributed by atoms with Gasteiger partial charge in [0.15, 0.2) is 0 Å². The predicted molar refractivity (Wildman–Crippen MR) is 49.6 cm³/mol. The summed E-state index contributed by atoms with van der Waals surface area (Å²) in [5.41, 5.74) is 0. The van der Waals surface area contributed by atoms with Crippen LogP contribution in [0.15, 0.2) is 0 Å². The van der Waals surface area contributed by atoms with Crippen molar-refractivity contribution in [3.63, 3.8) is 0 Å². The van der Waals surface area contributed by atoms with Gasteiger partial charge in [-0.1, -0.05) is 0 Å². The van der Waals surface area contributed by atoms with Crippen LogP contribution in [0.4, 0.5) is 0 Å². The predicted octanol–water partition coefficient (Wildman–Crippen LogP) is -9.25. The Morgan fingerprint density at radius 1 is 0.273 bits per heavy atom. The van der Waals surface area contributed by atoms with Crippen LogP contribution in [0.3, 0.4) is 0 Å². The summed E-state index contributed by atoms with van der Waals surface area (Å²) in [6, 6.07) is 0. The van der Waals surface area contributed by atoms with E-state index in [1.807, 2.05) is 0 Å². The standard InChI is InChI=1S/Ba.9H2O.Pb.4H/h;9*1H2;;;;;. The molecule has 0 bridgehead atoms. The van der Waals surface area contributed by atoms with Gasteiger partial charge in [-0.15, -0.1) is 0 Å². The van der Waals surface area contributed by atoms with Crippen LogP contribution in [-0.4, -0.2) is 125 Å². The van der Waals surface area contributed by atoms with Crippen molar-refractivity contribution in [2.75, 3.05) is 0 Å². The van der Waals surface area contributed by atoms with Gasteiger partial charge in [-0.25, -0.2) is 0 Å². The van der Waals surface area contributed by atoms with Crippen LogP contribution >= 0.6 is 0 Å². The molecule has 0 amide bonds. The van der Waals surface area contributed by atoms with Crippen molar-refractivity contribution in [3.05, 3.63) is 0 Å². The average Bonchev–Trinajstić information content (AvgIpc) is 0. The third kappa shape index (κ3) is 274. The zero-order valence-corrected chi connectivity index (χ0v) is 10.7. The Bertz CT molecular complexity index is 9.52. The molecule has 0 rings (SSSR count). The van der Waals surface area contributed by atoms with Gasteiger partial charge in [-0.3, -0.25) is 0 Å². The molecule has 82 valence electrons. The summed E-state index contributed by atoms with van der Waals surface area (Å²) in [5, 5.41) is 0. The molecule has 0 aliphatic heterocycles. The third-order valence-electron chi connectivity index (χ3n) is 0. The molecular formula is H22BaO9Pb. The molecule has 0 aromatic carbocycles. The number of rotatable bonds is 0. The molecular weight excluding hydrogens is 489 g/mol. The molecule has 0 fully saturated rings. The average molecular weight is 511 g/mol. The fourth-order valence-electron chi connectivity index (χ4n) is 0. The normalized spacial score (nSPS) is 0. The molecule has 0 aliphatic rings. The van der Waals surface area contributed by atoms with Gasteiger partial charge in [0.2, 0.25) is 0 Å². The Balaban J connectivity index is 0. The van der Waals surface area contributed by atoms with E-state index in [9.17, 15) is 0 Å². The third-order valence-corrected chi connectivity index (χ3v) is 0. The van der Waals surface area contributed by atoms with Gasteiger partial charge < -0.3 is 49.3 Å². The van der Waals surface area contributed by atoms with E-state index in [1.165, 1.54) is 0 Å². The summed E-state index contributed by atoms with van der Waals surface area (Å²) < 4.78 is 0. The molecule has 0 atom stereocenters. The van der Waals surface area contributed by atoms with E-state index in [0.29, 0.717) is 0 Å². The number of hydrogen-bond acceptors (Lipinski definition) is 0. The monoisotopic (exact) mass is 512 g/mol. The van der Waals surface area contributed by atoms with Gasteiger partial charge >= 0.3 is 76.2 Å². The Hall–Kier alpha value is 2.13. The van der Waals surface area contributed by atoms with Crippen molar-refractivity contribution < 1.29 is 49.3 Å². The molecule has 11 heteroatoms. The Morgan fingerprint density at radius 3 is 0.273 bits per heavy atom. The maximum atomic E-state index is 0. The molecule has 0 aromatic heterocycles. The first-order valence-corrected chi connectivity index (χ1v) is 0. The molecule has 0 saturated carbocycles. The fourth-order valence-corrected chi connectivity index (χ4v) is 0. The minimum atomic E-state index is 0. The quantitative estimate of drug-likeness (QED) is 0.274. The van der Waals surface area contributed by atoms with Gasteiger partial charge in [0, 0.05) is 0 Å². The second-order valence-electron chi connectivity index (χ2n) is 0. The Morgan fingerprint density at radius 2 is 0.273 bits per heavy atom. The van der Waals surface area contributed by atoms with E-state index in [0.717, 1.165) is 0 Å². The van der Waals surface area contributed by atoms with E-state index in [-0.39, 0.29) is 125 Å². The first kappa shape index (κ1) is 425. The van der Waals surface area contributed by atoms with Crippen LogP contribution in [0.25, 0.3) is 0 Å². The molecule has 0 unspecified atom stereocenters. The van der Waals surface area contributed by atoms with Crippen LogP contribution in [0, 0.1) is 0 Å². The van der Waals surface area contributed by atoms with Crippen LogP contribution in [0.5, 0.6) is 0 Å². The fraction of sp³-hybridized carbons (Fsp3) is 0. The summed E-state index contributed by atoms with van der Waals surface area (Å²) in [7, 11) is 0. The van der Waals surface area contributed by atoms with Gasteiger partial charge in [0.1, 0.15) is 0 Å². The van der Waals surface area contributed by atoms with E-state index in [2.05, 4.69) is 0 Å². The van der Waals surface area contributed by atoms with E-state index >= 15 is 0 Å². The van der Waals surface area contributed by atoms with E-state index in [1.54, 1.807) is 0 Å². The summed E-state index contributed by atoms with van der Waals surface area (Å²) >= 11 is 0. The molecule has 2 radical (unpaired) electrons. The molecule has 0 aliphatic carbocycles. The zero-order valence-electron chi connectivity index (χ0n) is 5.21. The molecule has 0 heterocycles. The SMILES string of the molecule is O.O.O.O.O.O.O.O.O.[BaH2].[PbH2]. The van der Waals surface area contributed by atoms with Crippen LogP contribution in [0.1, 0.15) is 0 Å². The van der Waals surface area contributed by atoms with Gasteiger partial charge in [-0.2, -0.15) is 0 Å². The molecule has 0 aromatic rings. The first-order chi connectivity index (χ1) is 0. The van der Waals surface area contributed by atoms with E-state index < -0.39 is 0 Å². The van der Waals surface area contributed by atoms with Gasteiger partial charge in [0.25, 0.3) is 0 Å².